The zero-order valence-electron chi connectivity index (χ0n) is 13.0. The average Bonchev–Trinajstić information content (AvgIpc) is 2.53. The number of hydrogen-bond donors (Lipinski definition) is 1. The van der Waals surface area contributed by atoms with Crippen molar-refractivity contribution in [1.82, 2.24) is 5.32 Å². The van der Waals surface area contributed by atoms with Crippen molar-refractivity contribution in [2.24, 2.45) is 0 Å². The fourth-order valence-electron chi connectivity index (χ4n) is 2.08. The quantitative estimate of drug-likeness (QED) is 0.845. The highest BCUT2D eigenvalue weighted by molar-refractivity contribution is 6.31. The molecule has 0 spiro atoms. The lowest BCUT2D eigenvalue weighted by molar-refractivity contribution is -0.119. The van der Waals surface area contributed by atoms with Crippen LogP contribution in [0.1, 0.15) is 41.4 Å². The van der Waals surface area contributed by atoms with Crippen LogP contribution in [0.2, 0.25) is 5.02 Å². The molecule has 0 heterocycles. The molecule has 2 rings (SSSR count). The van der Waals surface area contributed by atoms with E-state index in [0.717, 1.165) is 11.1 Å². The molecular formula is C18H18ClNO3. The number of esters is 1. The van der Waals surface area contributed by atoms with Crippen LogP contribution in [0, 0.1) is 0 Å². The number of carbonyl (C=O) groups is 2. The van der Waals surface area contributed by atoms with Crippen molar-refractivity contribution in [2.45, 2.75) is 26.5 Å². The van der Waals surface area contributed by atoms with Crippen LogP contribution < -0.4 is 5.32 Å². The molecule has 0 saturated heterocycles. The van der Waals surface area contributed by atoms with Gasteiger partial charge in [0.1, 0.15) is 6.10 Å². The van der Waals surface area contributed by atoms with E-state index in [2.05, 4.69) is 5.32 Å². The maximum absolute atomic E-state index is 12.2. The molecule has 23 heavy (non-hydrogen) atoms. The Morgan fingerprint density at radius 1 is 1.13 bits per heavy atom. The van der Waals surface area contributed by atoms with Gasteiger partial charge < -0.3 is 10.1 Å². The molecule has 0 bridgehead atoms. The van der Waals surface area contributed by atoms with E-state index in [0.29, 0.717) is 17.1 Å². The van der Waals surface area contributed by atoms with E-state index in [1.165, 1.54) is 6.92 Å². The third-order valence-electron chi connectivity index (χ3n) is 3.36. The Kier molecular flexibility index (Phi) is 5.77. The fourth-order valence-corrected chi connectivity index (χ4v) is 2.37. The minimum absolute atomic E-state index is 0.0953. The summed E-state index contributed by atoms with van der Waals surface area (Å²) < 4.78 is 5.45. The van der Waals surface area contributed by atoms with E-state index < -0.39 is 12.1 Å². The summed E-state index contributed by atoms with van der Waals surface area (Å²) in [6.45, 7) is 3.67. The summed E-state index contributed by atoms with van der Waals surface area (Å²) in [6.07, 6.45) is -0.435. The number of halogens is 1. The smallest absolute Gasteiger partial charge is 0.338 e. The van der Waals surface area contributed by atoms with Gasteiger partial charge in [0.15, 0.2) is 0 Å². The first-order chi connectivity index (χ1) is 11.0. The van der Waals surface area contributed by atoms with Crippen molar-refractivity contribution < 1.29 is 14.3 Å². The van der Waals surface area contributed by atoms with Crippen LogP contribution in [0.4, 0.5) is 0 Å². The number of amides is 1. The topological polar surface area (TPSA) is 55.4 Å². The molecule has 0 unspecified atom stereocenters. The third-order valence-corrected chi connectivity index (χ3v) is 3.70. The maximum Gasteiger partial charge on any atom is 0.338 e. The zero-order valence-corrected chi connectivity index (χ0v) is 13.8. The molecule has 0 aliphatic rings. The van der Waals surface area contributed by atoms with Crippen LogP contribution in [-0.2, 0) is 16.1 Å². The summed E-state index contributed by atoms with van der Waals surface area (Å²) in [5.74, 6) is -0.509. The Labute approximate surface area is 140 Å². The second-order valence-corrected chi connectivity index (χ2v) is 5.58. The summed E-state index contributed by atoms with van der Waals surface area (Å²) in [6, 6.07) is 14.2. The van der Waals surface area contributed by atoms with Crippen molar-refractivity contribution in [2.75, 3.05) is 0 Å². The molecule has 4 nitrogen and oxygen atoms in total. The molecule has 2 aromatic rings. The lowest BCUT2D eigenvalue weighted by atomic mass is 10.1. The minimum atomic E-state index is -0.435. The number of hydrogen-bond acceptors (Lipinski definition) is 3. The highest BCUT2D eigenvalue weighted by Gasteiger charge is 2.15. The highest BCUT2D eigenvalue weighted by Crippen LogP contribution is 2.25. The Balaban J connectivity index is 2.00. The normalized spacial score (nSPS) is 11.6. The highest BCUT2D eigenvalue weighted by atomic mass is 35.5. The van der Waals surface area contributed by atoms with Gasteiger partial charge in [0.2, 0.25) is 5.91 Å². The Hall–Kier alpha value is -2.33. The zero-order chi connectivity index (χ0) is 16.8. The van der Waals surface area contributed by atoms with E-state index >= 15 is 0 Å². The van der Waals surface area contributed by atoms with Crippen LogP contribution in [-0.4, -0.2) is 11.9 Å². The number of ether oxygens (including phenoxy) is 1. The van der Waals surface area contributed by atoms with Crippen molar-refractivity contribution in [3.63, 3.8) is 0 Å². The standard InChI is InChI=1S/C18H18ClNO3/c1-12(16-5-3-4-6-17(16)19)23-18(22)15-9-7-14(8-10-15)11-20-13(2)21/h3-10,12H,11H2,1-2H3,(H,20,21)/t12-/m1/s1. The monoisotopic (exact) mass is 331 g/mol. The molecule has 120 valence electrons. The first-order valence-corrected chi connectivity index (χ1v) is 7.64. The van der Waals surface area contributed by atoms with E-state index in [4.69, 9.17) is 16.3 Å². The van der Waals surface area contributed by atoms with Gasteiger partial charge in [0.05, 0.1) is 5.56 Å². The molecule has 1 amide bonds. The van der Waals surface area contributed by atoms with Gasteiger partial charge in [0.25, 0.3) is 0 Å². The molecule has 0 saturated carbocycles. The summed E-state index contributed by atoms with van der Waals surface area (Å²) >= 11 is 6.10. The van der Waals surface area contributed by atoms with E-state index in [9.17, 15) is 9.59 Å². The molecule has 0 fully saturated rings. The van der Waals surface area contributed by atoms with Gasteiger partial charge >= 0.3 is 5.97 Å². The fraction of sp³-hybridized carbons (Fsp3) is 0.222. The molecule has 1 atom stereocenters. The van der Waals surface area contributed by atoms with Crippen molar-refractivity contribution in [3.05, 3.63) is 70.2 Å². The SMILES string of the molecule is CC(=O)NCc1ccc(C(=O)O[C@H](C)c2ccccc2Cl)cc1. The minimum Gasteiger partial charge on any atom is -0.454 e. The summed E-state index contributed by atoms with van der Waals surface area (Å²) in [5, 5.41) is 3.27. The van der Waals surface area contributed by atoms with Gasteiger partial charge in [-0.15, -0.1) is 0 Å². The molecule has 2 aromatic carbocycles. The second kappa shape index (κ2) is 7.79. The van der Waals surface area contributed by atoms with Crippen molar-refractivity contribution in [1.29, 1.82) is 0 Å². The number of benzene rings is 2. The van der Waals surface area contributed by atoms with Gasteiger partial charge in [-0.05, 0) is 30.7 Å². The van der Waals surface area contributed by atoms with E-state index in [1.54, 1.807) is 37.3 Å². The summed E-state index contributed by atoms with van der Waals surface area (Å²) in [5.41, 5.74) is 2.14. The van der Waals surface area contributed by atoms with Gasteiger partial charge in [0, 0.05) is 24.1 Å². The maximum atomic E-state index is 12.2. The van der Waals surface area contributed by atoms with Gasteiger partial charge in [-0.3, -0.25) is 4.79 Å². The average molecular weight is 332 g/mol. The van der Waals surface area contributed by atoms with Crippen molar-refractivity contribution in [3.8, 4) is 0 Å². The Morgan fingerprint density at radius 3 is 2.39 bits per heavy atom. The van der Waals surface area contributed by atoms with Gasteiger partial charge in [-0.2, -0.15) is 0 Å². The second-order valence-electron chi connectivity index (χ2n) is 5.18. The first-order valence-electron chi connectivity index (χ1n) is 7.26. The lowest BCUT2D eigenvalue weighted by Crippen LogP contribution is -2.18. The number of nitrogens with one attached hydrogen (secondary N) is 1. The molecule has 0 aliphatic carbocycles. The number of carbonyl (C=O) groups excluding carboxylic acids is 2. The van der Waals surface area contributed by atoms with Crippen molar-refractivity contribution >= 4 is 23.5 Å². The van der Waals surface area contributed by atoms with Crippen LogP contribution in [0.3, 0.4) is 0 Å². The van der Waals surface area contributed by atoms with E-state index in [1.807, 2.05) is 18.2 Å². The number of rotatable bonds is 5. The first kappa shape index (κ1) is 17.0. The Morgan fingerprint density at radius 2 is 1.78 bits per heavy atom. The Bertz CT molecular complexity index is 698. The predicted octanol–water partition coefficient (Wildman–Crippen LogP) is 3.89. The van der Waals surface area contributed by atoms with Gasteiger partial charge in [-0.25, -0.2) is 4.79 Å². The van der Waals surface area contributed by atoms with Crippen LogP contribution in [0.25, 0.3) is 0 Å². The van der Waals surface area contributed by atoms with Gasteiger partial charge in [-0.1, -0.05) is 41.9 Å². The van der Waals surface area contributed by atoms with Crippen LogP contribution in [0.5, 0.6) is 0 Å². The molecule has 1 N–H and O–H groups in total. The lowest BCUT2D eigenvalue weighted by Gasteiger charge is -2.15. The largest absolute Gasteiger partial charge is 0.454 e. The molecule has 0 aromatic heterocycles. The molecule has 0 aliphatic heterocycles. The van der Waals surface area contributed by atoms with Crippen LogP contribution >= 0.6 is 11.6 Å². The third kappa shape index (κ3) is 4.83. The van der Waals surface area contributed by atoms with Crippen LogP contribution in [0.15, 0.2) is 48.5 Å². The summed E-state index contributed by atoms with van der Waals surface area (Å²) in [4.78, 5) is 23.1. The van der Waals surface area contributed by atoms with E-state index in [-0.39, 0.29) is 5.91 Å². The molecular weight excluding hydrogens is 314 g/mol. The molecule has 5 heteroatoms. The predicted molar refractivity (Wildman–Crippen MR) is 89.2 cm³/mol. The molecule has 0 radical (unpaired) electrons. The summed E-state index contributed by atoms with van der Waals surface area (Å²) in [7, 11) is 0.